The molecule has 1 saturated heterocycles. The first-order valence-corrected chi connectivity index (χ1v) is 6.46. The van der Waals surface area contributed by atoms with Crippen molar-refractivity contribution >= 4 is 17.5 Å². The molecule has 1 aliphatic heterocycles. The number of thioether (sulfide) groups is 1. The first-order valence-electron chi connectivity index (χ1n) is 5.30. The molecule has 16 heavy (non-hydrogen) atoms. The highest BCUT2D eigenvalue weighted by Gasteiger charge is 2.21. The maximum Gasteiger partial charge on any atom is 0.180 e. The Morgan fingerprint density at radius 3 is 2.75 bits per heavy atom. The van der Waals surface area contributed by atoms with Gasteiger partial charge in [-0.15, -0.1) is 0 Å². The van der Waals surface area contributed by atoms with Crippen LogP contribution in [0.3, 0.4) is 0 Å². The van der Waals surface area contributed by atoms with Crippen LogP contribution in [0.15, 0.2) is 24.3 Å². The second-order valence-electron chi connectivity index (χ2n) is 3.67. The van der Waals surface area contributed by atoms with Crippen molar-refractivity contribution in [1.82, 2.24) is 5.32 Å². The number of benzene rings is 1. The Balaban J connectivity index is 2.07. The summed E-state index contributed by atoms with van der Waals surface area (Å²) in [5, 5.41) is 3.24. The summed E-state index contributed by atoms with van der Waals surface area (Å²) in [4.78, 5) is 12.1. The lowest BCUT2D eigenvalue weighted by molar-refractivity contribution is 0.0953. The number of ketones is 1. The van der Waals surface area contributed by atoms with Gasteiger partial charge >= 0.3 is 0 Å². The molecule has 1 heterocycles. The second-order valence-corrected chi connectivity index (χ2v) is 4.82. The van der Waals surface area contributed by atoms with Gasteiger partial charge in [0.25, 0.3) is 0 Å². The van der Waals surface area contributed by atoms with Gasteiger partial charge in [0.05, 0.1) is 13.2 Å². The van der Waals surface area contributed by atoms with Crippen LogP contribution in [-0.2, 0) is 0 Å². The number of Topliss-reactive ketones (excluding diaryl/α,β-unsaturated/α-hetero) is 1. The lowest BCUT2D eigenvalue weighted by atomic mass is 10.1. The molecular formula is C12H15NO2S. The normalized spacial score (nSPS) is 20.4. The van der Waals surface area contributed by atoms with Crippen LogP contribution in [-0.4, -0.2) is 37.0 Å². The molecule has 1 aromatic rings. The van der Waals surface area contributed by atoms with E-state index >= 15 is 0 Å². The van der Waals surface area contributed by atoms with Gasteiger partial charge in [0, 0.05) is 23.6 Å². The van der Waals surface area contributed by atoms with Crippen LogP contribution in [0.1, 0.15) is 10.4 Å². The quantitative estimate of drug-likeness (QED) is 0.810. The minimum Gasteiger partial charge on any atom is -0.497 e. The zero-order valence-electron chi connectivity index (χ0n) is 9.23. The molecule has 0 aromatic heterocycles. The van der Waals surface area contributed by atoms with E-state index in [1.165, 1.54) is 0 Å². The van der Waals surface area contributed by atoms with Crippen molar-refractivity contribution in [3.8, 4) is 5.75 Å². The number of hydrogen-bond donors (Lipinski definition) is 1. The summed E-state index contributed by atoms with van der Waals surface area (Å²) in [6, 6.07) is 7.25. The molecule has 1 N–H and O–H groups in total. The fourth-order valence-corrected chi connectivity index (χ4v) is 2.62. The summed E-state index contributed by atoms with van der Waals surface area (Å²) in [5.74, 6) is 2.91. The Hall–Kier alpha value is -1.00. The highest BCUT2D eigenvalue weighted by atomic mass is 32.2. The molecule has 0 aliphatic carbocycles. The first kappa shape index (κ1) is 11.5. The average Bonchev–Trinajstić information content (AvgIpc) is 2.39. The molecule has 1 atom stereocenters. The van der Waals surface area contributed by atoms with E-state index in [2.05, 4.69) is 5.32 Å². The van der Waals surface area contributed by atoms with Gasteiger partial charge in [-0.1, -0.05) is 0 Å². The maximum absolute atomic E-state index is 12.1. The van der Waals surface area contributed by atoms with E-state index in [4.69, 9.17) is 4.74 Å². The zero-order chi connectivity index (χ0) is 11.4. The Kier molecular flexibility index (Phi) is 3.85. The highest BCUT2D eigenvalue weighted by Crippen LogP contribution is 2.16. The van der Waals surface area contributed by atoms with Gasteiger partial charge in [0.15, 0.2) is 5.78 Å². The van der Waals surface area contributed by atoms with Crippen molar-refractivity contribution in [2.45, 2.75) is 6.04 Å². The molecule has 0 saturated carbocycles. The molecule has 0 spiro atoms. The third-order valence-electron chi connectivity index (χ3n) is 2.61. The summed E-state index contributed by atoms with van der Waals surface area (Å²) in [7, 11) is 1.62. The molecule has 2 rings (SSSR count). The van der Waals surface area contributed by atoms with Crippen molar-refractivity contribution in [2.75, 3.05) is 25.2 Å². The largest absolute Gasteiger partial charge is 0.497 e. The smallest absolute Gasteiger partial charge is 0.180 e. The number of nitrogens with one attached hydrogen (secondary N) is 1. The van der Waals surface area contributed by atoms with Crippen LogP contribution in [0.2, 0.25) is 0 Å². The standard InChI is InChI=1S/C12H15NO2S/c1-15-10-4-2-9(3-5-10)12(14)11-8-16-7-6-13-11/h2-5,11,13H,6-8H2,1H3. The van der Waals surface area contributed by atoms with Crippen molar-refractivity contribution in [3.05, 3.63) is 29.8 Å². The fourth-order valence-electron chi connectivity index (χ4n) is 1.69. The van der Waals surface area contributed by atoms with E-state index in [1.54, 1.807) is 7.11 Å². The van der Waals surface area contributed by atoms with Crippen LogP contribution in [0.25, 0.3) is 0 Å². The minimum atomic E-state index is -0.0351. The minimum absolute atomic E-state index is 0.0351. The molecule has 4 heteroatoms. The van der Waals surface area contributed by atoms with Crippen LogP contribution in [0, 0.1) is 0 Å². The van der Waals surface area contributed by atoms with Gasteiger partial charge in [-0.2, -0.15) is 11.8 Å². The second kappa shape index (κ2) is 5.37. The van der Waals surface area contributed by atoms with E-state index in [0.29, 0.717) is 0 Å². The van der Waals surface area contributed by atoms with Gasteiger partial charge in [-0.05, 0) is 24.3 Å². The Bertz CT molecular complexity index is 358. The third-order valence-corrected chi connectivity index (χ3v) is 3.67. The van der Waals surface area contributed by atoms with E-state index in [1.807, 2.05) is 36.0 Å². The van der Waals surface area contributed by atoms with E-state index in [9.17, 15) is 4.79 Å². The zero-order valence-corrected chi connectivity index (χ0v) is 10.0. The molecule has 1 aliphatic rings. The molecule has 0 bridgehead atoms. The lowest BCUT2D eigenvalue weighted by Crippen LogP contribution is -2.43. The summed E-state index contributed by atoms with van der Waals surface area (Å²) in [6.07, 6.45) is 0. The highest BCUT2D eigenvalue weighted by molar-refractivity contribution is 7.99. The Morgan fingerprint density at radius 2 is 2.19 bits per heavy atom. The number of carbonyl (C=O) groups is 1. The molecule has 3 nitrogen and oxygen atoms in total. The summed E-state index contributed by atoms with van der Waals surface area (Å²) >= 11 is 1.83. The van der Waals surface area contributed by atoms with Gasteiger partial charge < -0.3 is 10.1 Å². The molecule has 86 valence electrons. The van der Waals surface area contributed by atoms with Crippen LogP contribution in [0.4, 0.5) is 0 Å². The first-order chi connectivity index (χ1) is 7.81. The van der Waals surface area contributed by atoms with Crippen molar-refractivity contribution in [2.24, 2.45) is 0 Å². The lowest BCUT2D eigenvalue weighted by Gasteiger charge is -2.21. The maximum atomic E-state index is 12.1. The van der Waals surface area contributed by atoms with E-state index in [-0.39, 0.29) is 11.8 Å². The molecule has 0 amide bonds. The Morgan fingerprint density at radius 1 is 1.44 bits per heavy atom. The molecule has 1 aromatic carbocycles. The molecule has 1 unspecified atom stereocenters. The number of hydrogen-bond acceptors (Lipinski definition) is 4. The predicted molar refractivity (Wildman–Crippen MR) is 66.4 cm³/mol. The van der Waals surface area contributed by atoms with Crippen molar-refractivity contribution in [1.29, 1.82) is 0 Å². The SMILES string of the molecule is COc1ccc(C(=O)C2CSCCN2)cc1. The van der Waals surface area contributed by atoms with E-state index in [0.717, 1.165) is 29.4 Å². The van der Waals surface area contributed by atoms with Gasteiger partial charge in [-0.3, -0.25) is 4.79 Å². The van der Waals surface area contributed by atoms with Gasteiger partial charge in [0.1, 0.15) is 5.75 Å². The van der Waals surface area contributed by atoms with E-state index < -0.39 is 0 Å². The molecule has 1 fully saturated rings. The van der Waals surface area contributed by atoms with Crippen LogP contribution >= 0.6 is 11.8 Å². The summed E-state index contributed by atoms with van der Waals surface area (Å²) < 4.78 is 5.06. The number of methoxy groups -OCH3 is 1. The predicted octanol–water partition coefficient (Wildman–Crippen LogP) is 1.58. The van der Waals surface area contributed by atoms with Crippen LogP contribution in [0.5, 0.6) is 5.75 Å². The number of ether oxygens (including phenoxy) is 1. The Labute approximate surface area is 99.6 Å². The monoisotopic (exact) mass is 237 g/mol. The topological polar surface area (TPSA) is 38.3 Å². The van der Waals surface area contributed by atoms with Crippen molar-refractivity contribution < 1.29 is 9.53 Å². The number of rotatable bonds is 3. The average molecular weight is 237 g/mol. The van der Waals surface area contributed by atoms with Crippen LogP contribution < -0.4 is 10.1 Å². The fraction of sp³-hybridized carbons (Fsp3) is 0.417. The van der Waals surface area contributed by atoms with Gasteiger partial charge in [0.2, 0.25) is 0 Å². The molecule has 0 radical (unpaired) electrons. The molecular weight excluding hydrogens is 222 g/mol. The third kappa shape index (κ3) is 2.57. The van der Waals surface area contributed by atoms with Gasteiger partial charge in [-0.25, -0.2) is 0 Å². The van der Waals surface area contributed by atoms with Crippen molar-refractivity contribution in [3.63, 3.8) is 0 Å². The summed E-state index contributed by atoms with van der Waals surface area (Å²) in [6.45, 7) is 0.914. The summed E-state index contributed by atoms with van der Waals surface area (Å²) in [5.41, 5.74) is 0.751. The number of carbonyl (C=O) groups excluding carboxylic acids is 1.